The summed E-state index contributed by atoms with van der Waals surface area (Å²) in [6, 6.07) is 8.24. The lowest BCUT2D eigenvalue weighted by Crippen LogP contribution is -2.08. The Kier molecular flexibility index (Phi) is 3.10. The maximum atomic E-state index is 12.7. The van der Waals surface area contributed by atoms with Crippen molar-refractivity contribution in [3.05, 3.63) is 48.2 Å². The summed E-state index contributed by atoms with van der Waals surface area (Å²) in [7, 11) is 0. The molecule has 0 spiro atoms. The molecule has 0 amide bonds. The predicted octanol–water partition coefficient (Wildman–Crippen LogP) is 3.47. The van der Waals surface area contributed by atoms with E-state index in [2.05, 4.69) is 4.98 Å². The molecule has 0 bridgehead atoms. The number of rotatable bonds is 2. The Morgan fingerprint density at radius 2 is 1.89 bits per heavy atom. The largest absolute Gasteiger partial charge is 0.438 e. The number of aromatic nitrogens is 1. The first kappa shape index (κ1) is 12.2. The van der Waals surface area contributed by atoms with Crippen molar-refractivity contribution in [2.75, 3.05) is 5.73 Å². The molecule has 0 saturated heterocycles. The van der Waals surface area contributed by atoms with Crippen molar-refractivity contribution in [1.82, 2.24) is 4.98 Å². The number of halogens is 3. The average molecular weight is 254 g/mol. The highest BCUT2D eigenvalue weighted by molar-refractivity contribution is 5.45. The van der Waals surface area contributed by atoms with Crippen LogP contribution in [0.5, 0.6) is 11.6 Å². The average Bonchev–Trinajstić information content (AvgIpc) is 2.28. The Bertz CT molecular complexity index is 555. The van der Waals surface area contributed by atoms with Crippen molar-refractivity contribution in [3.8, 4) is 11.6 Å². The fourth-order valence-electron chi connectivity index (χ4n) is 1.38. The molecule has 0 saturated carbocycles. The number of pyridine rings is 1. The van der Waals surface area contributed by atoms with Crippen molar-refractivity contribution in [2.24, 2.45) is 0 Å². The highest BCUT2D eigenvalue weighted by atomic mass is 19.4. The number of benzene rings is 1. The van der Waals surface area contributed by atoms with Crippen molar-refractivity contribution in [3.63, 3.8) is 0 Å². The van der Waals surface area contributed by atoms with Gasteiger partial charge >= 0.3 is 6.18 Å². The summed E-state index contributed by atoms with van der Waals surface area (Å²) in [5.41, 5.74) is 4.99. The Labute approximate surface area is 101 Å². The van der Waals surface area contributed by atoms with Gasteiger partial charge in [0.25, 0.3) is 0 Å². The second kappa shape index (κ2) is 4.56. The normalized spacial score (nSPS) is 11.3. The van der Waals surface area contributed by atoms with Crippen LogP contribution in [-0.4, -0.2) is 4.98 Å². The quantitative estimate of drug-likeness (QED) is 0.834. The molecule has 0 unspecified atom stereocenters. The second-order valence-electron chi connectivity index (χ2n) is 3.53. The van der Waals surface area contributed by atoms with E-state index in [1.54, 1.807) is 12.1 Å². The van der Waals surface area contributed by atoms with Gasteiger partial charge in [-0.05, 0) is 24.3 Å². The molecule has 2 aromatic rings. The van der Waals surface area contributed by atoms with E-state index < -0.39 is 17.6 Å². The Morgan fingerprint density at radius 3 is 2.56 bits per heavy atom. The molecule has 6 heteroatoms. The first-order chi connectivity index (χ1) is 8.47. The lowest BCUT2D eigenvalue weighted by molar-refractivity contribution is -0.138. The topological polar surface area (TPSA) is 48.1 Å². The molecule has 94 valence electrons. The van der Waals surface area contributed by atoms with E-state index in [1.165, 1.54) is 24.4 Å². The third kappa shape index (κ3) is 2.71. The van der Waals surface area contributed by atoms with E-state index >= 15 is 0 Å². The number of anilines is 1. The van der Waals surface area contributed by atoms with Crippen LogP contribution in [0.4, 0.5) is 18.9 Å². The highest BCUT2D eigenvalue weighted by Gasteiger charge is 2.35. The van der Waals surface area contributed by atoms with Gasteiger partial charge in [0.05, 0.1) is 0 Å². The van der Waals surface area contributed by atoms with Crippen LogP contribution >= 0.6 is 0 Å². The number of alkyl halides is 3. The van der Waals surface area contributed by atoms with E-state index in [0.717, 1.165) is 6.07 Å². The Balaban J connectivity index is 2.35. The molecule has 0 aliphatic rings. The summed E-state index contributed by atoms with van der Waals surface area (Å²) in [5.74, 6) is -0.283. The molecule has 2 N–H and O–H groups in total. The standard InChI is InChI=1S/C12H9F3N2O/c13-12(14,15)10-5-2-6-17-11(10)18-9-4-1-3-8(16)7-9/h1-7H,16H2. The molecule has 18 heavy (non-hydrogen) atoms. The molecule has 1 aromatic heterocycles. The van der Waals surface area contributed by atoms with E-state index in [1.807, 2.05) is 0 Å². The molecule has 1 heterocycles. The Hall–Kier alpha value is -2.24. The van der Waals surface area contributed by atoms with Crippen LogP contribution in [0, 0.1) is 0 Å². The SMILES string of the molecule is Nc1cccc(Oc2ncccc2C(F)(F)F)c1. The number of nitrogens with two attached hydrogens (primary N) is 1. The zero-order valence-corrected chi connectivity index (χ0v) is 9.11. The third-order valence-corrected chi connectivity index (χ3v) is 2.15. The first-order valence-electron chi connectivity index (χ1n) is 5.02. The zero-order chi connectivity index (χ0) is 13.2. The molecule has 3 nitrogen and oxygen atoms in total. The van der Waals surface area contributed by atoms with Gasteiger partial charge in [0.1, 0.15) is 11.3 Å². The number of hydrogen-bond acceptors (Lipinski definition) is 3. The lowest BCUT2D eigenvalue weighted by atomic mass is 10.2. The molecule has 0 aliphatic carbocycles. The number of nitrogen functional groups attached to an aromatic ring is 1. The maximum Gasteiger partial charge on any atom is 0.421 e. The van der Waals surface area contributed by atoms with E-state index in [-0.39, 0.29) is 5.75 Å². The molecule has 0 radical (unpaired) electrons. The fourth-order valence-corrected chi connectivity index (χ4v) is 1.38. The van der Waals surface area contributed by atoms with Crippen LogP contribution in [0.15, 0.2) is 42.6 Å². The van der Waals surface area contributed by atoms with Crippen LogP contribution in [0.25, 0.3) is 0 Å². The minimum Gasteiger partial charge on any atom is -0.438 e. The summed E-state index contributed by atoms with van der Waals surface area (Å²) in [6.07, 6.45) is -3.28. The monoisotopic (exact) mass is 254 g/mol. The fraction of sp³-hybridized carbons (Fsp3) is 0.0833. The molecule has 0 fully saturated rings. The predicted molar refractivity (Wildman–Crippen MR) is 60.2 cm³/mol. The number of ether oxygens (including phenoxy) is 1. The smallest absolute Gasteiger partial charge is 0.421 e. The second-order valence-corrected chi connectivity index (χ2v) is 3.53. The van der Waals surface area contributed by atoms with Crippen molar-refractivity contribution in [2.45, 2.75) is 6.18 Å². The first-order valence-corrected chi connectivity index (χ1v) is 5.02. The summed E-state index contributed by atoms with van der Waals surface area (Å²) in [4.78, 5) is 3.59. The van der Waals surface area contributed by atoms with E-state index in [4.69, 9.17) is 10.5 Å². The highest BCUT2D eigenvalue weighted by Crippen LogP contribution is 2.36. The van der Waals surface area contributed by atoms with E-state index in [0.29, 0.717) is 5.69 Å². The van der Waals surface area contributed by atoms with Crippen LogP contribution in [0.3, 0.4) is 0 Å². The van der Waals surface area contributed by atoms with Crippen LogP contribution in [-0.2, 0) is 6.18 Å². The minimum atomic E-state index is -4.51. The number of nitrogens with zero attached hydrogens (tertiary/aromatic N) is 1. The minimum absolute atomic E-state index is 0.208. The van der Waals surface area contributed by atoms with Gasteiger partial charge in [0.2, 0.25) is 5.88 Å². The van der Waals surface area contributed by atoms with Crippen LogP contribution in [0.1, 0.15) is 5.56 Å². The zero-order valence-electron chi connectivity index (χ0n) is 9.11. The molecule has 0 atom stereocenters. The van der Waals surface area contributed by atoms with Gasteiger partial charge in [-0.15, -0.1) is 0 Å². The maximum absolute atomic E-state index is 12.7. The van der Waals surface area contributed by atoms with E-state index in [9.17, 15) is 13.2 Å². The van der Waals surface area contributed by atoms with Crippen LogP contribution < -0.4 is 10.5 Å². The summed E-state index contributed by atoms with van der Waals surface area (Å²) >= 11 is 0. The van der Waals surface area contributed by atoms with Gasteiger partial charge in [0.15, 0.2) is 0 Å². The van der Waals surface area contributed by atoms with Gasteiger partial charge in [-0.3, -0.25) is 0 Å². The summed E-state index contributed by atoms with van der Waals surface area (Å²) in [6.45, 7) is 0. The summed E-state index contributed by atoms with van der Waals surface area (Å²) in [5, 5.41) is 0. The Morgan fingerprint density at radius 1 is 1.11 bits per heavy atom. The van der Waals surface area contributed by atoms with Gasteiger partial charge in [-0.1, -0.05) is 6.07 Å². The van der Waals surface area contributed by atoms with Gasteiger partial charge < -0.3 is 10.5 Å². The van der Waals surface area contributed by atoms with Crippen LogP contribution in [0.2, 0.25) is 0 Å². The van der Waals surface area contributed by atoms with Crippen molar-refractivity contribution in [1.29, 1.82) is 0 Å². The third-order valence-electron chi connectivity index (χ3n) is 2.15. The van der Waals surface area contributed by atoms with Gasteiger partial charge in [-0.2, -0.15) is 13.2 Å². The van der Waals surface area contributed by atoms with Gasteiger partial charge in [-0.25, -0.2) is 4.98 Å². The van der Waals surface area contributed by atoms with Crippen molar-refractivity contribution >= 4 is 5.69 Å². The van der Waals surface area contributed by atoms with Gasteiger partial charge in [0, 0.05) is 18.0 Å². The number of hydrogen-bond donors (Lipinski definition) is 1. The van der Waals surface area contributed by atoms with Crippen molar-refractivity contribution < 1.29 is 17.9 Å². The summed E-state index contributed by atoms with van der Waals surface area (Å²) < 4.78 is 43.2. The molecular weight excluding hydrogens is 245 g/mol. The molecule has 1 aromatic carbocycles. The molecule has 2 rings (SSSR count). The molecular formula is C12H9F3N2O. The lowest BCUT2D eigenvalue weighted by Gasteiger charge is -2.12. The molecule has 0 aliphatic heterocycles.